The van der Waals surface area contributed by atoms with Gasteiger partial charge in [-0.3, -0.25) is 0 Å². The Bertz CT molecular complexity index is 637. The lowest BCUT2D eigenvalue weighted by molar-refractivity contribution is 0.105. The van der Waals surface area contributed by atoms with Gasteiger partial charge in [0.15, 0.2) is 0 Å². The van der Waals surface area contributed by atoms with Crippen LogP contribution in [0.25, 0.3) is 0 Å². The van der Waals surface area contributed by atoms with E-state index in [-0.39, 0.29) is 5.60 Å². The van der Waals surface area contributed by atoms with Crippen molar-refractivity contribution in [3.63, 3.8) is 0 Å². The first-order valence-corrected chi connectivity index (χ1v) is 7.91. The van der Waals surface area contributed by atoms with Crippen LogP contribution in [-0.4, -0.2) is 18.7 Å². The van der Waals surface area contributed by atoms with Crippen molar-refractivity contribution in [2.45, 2.75) is 32.3 Å². The molecule has 0 aromatic heterocycles. The summed E-state index contributed by atoms with van der Waals surface area (Å²) in [5.74, 6) is 0.935. The minimum absolute atomic E-state index is 0.171. The van der Waals surface area contributed by atoms with E-state index in [2.05, 4.69) is 49.1 Å². The zero-order valence-electron chi connectivity index (χ0n) is 13.4. The Morgan fingerprint density at radius 2 is 1.91 bits per heavy atom. The Morgan fingerprint density at radius 1 is 1.14 bits per heavy atom. The van der Waals surface area contributed by atoms with Gasteiger partial charge in [-0.25, -0.2) is 0 Å². The highest BCUT2D eigenvalue weighted by molar-refractivity contribution is 5.66. The van der Waals surface area contributed by atoms with E-state index in [0.29, 0.717) is 0 Å². The van der Waals surface area contributed by atoms with E-state index in [1.54, 1.807) is 0 Å². The van der Waals surface area contributed by atoms with Crippen molar-refractivity contribution in [3.05, 3.63) is 54.1 Å². The largest absolute Gasteiger partial charge is 0.484 e. The lowest BCUT2D eigenvalue weighted by atomic mass is 10.0. The number of anilines is 2. The summed E-state index contributed by atoms with van der Waals surface area (Å²) >= 11 is 0. The molecule has 22 heavy (non-hydrogen) atoms. The van der Waals surface area contributed by atoms with E-state index in [1.165, 1.54) is 5.56 Å². The molecule has 0 fully saturated rings. The highest BCUT2D eigenvalue weighted by Crippen LogP contribution is 2.38. The van der Waals surface area contributed by atoms with Gasteiger partial charge in [0, 0.05) is 12.2 Å². The summed E-state index contributed by atoms with van der Waals surface area (Å²) in [5, 5.41) is 0. The molecule has 0 unspecified atom stereocenters. The predicted octanol–water partition coefficient (Wildman–Crippen LogP) is 3.88. The van der Waals surface area contributed by atoms with Gasteiger partial charge in [0.25, 0.3) is 0 Å². The van der Waals surface area contributed by atoms with Crippen LogP contribution in [0.15, 0.2) is 48.5 Å². The second-order valence-electron chi connectivity index (χ2n) is 6.60. The molecule has 1 heterocycles. The van der Waals surface area contributed by atoms with Crippen molar-refractivity contribution in [1.82, 2.24) is 0 Å². The minimum atomic E-state index is -0.171. The number of fused-ring (bicyclic) bond motifs is 1. The minimum Gasteiger partial charge on any atom is -0.484 e. The highest BCUT2D eigenvalue weighted by atomic mass is 16.5. The molecule has 0 saturated carbocycles. The average Bonchev–Trinajstić information content (AvgIpc) is 2.48. The summed E-state index contributed by atoms with van der Waals surface area (Å²) in [7, 11) is 0. The summed E-state index contributed by atoms with van der Waals surface area (Å²) in [5.41, 5.74) is 9.08. The number of aryl methyl sites for hydroxylation is 1. The van der Waals surface area contributed by atoms with Crippen LogP contribution in [0.5, 0.6) is 5.75 Å². The quantitative estimate of drug-likeness (QED) is 0.870. The normalized spacial score (nSPS) is 16.0. The Hall–Kier alpha value is -2.16. The maximum absolute atomic E-state index is 6.07. The van der Waals surface area contributed by atoms with Gasteiger partial charge in [0.05, 0.1) is 12.2 Å². The van der Waals surface area contributed by atoms with Gasteiger partial charge in [-0.15, -0.1) is 0 Å². The van der Waals surface area contributed by atoms with E-state index >= 15 is 0 Å². The Balaban J connectivity index is 1.71. The van der Waals surface area contributed by atoms with E-state index in [1.807, 2.05) is 18.2 Å². The van der Waals surface area contributed by atoms with E-state index < -0.39 is 0 Å². The molecule has 2 aromatic rings. The van der Waals surface area contributed by atoms with Crippen molar-refractivity contribution in [2.75, 3.05) is 23.7 Å². The van der Waals surface area contributed by atoms with E-state index in [9.17, 15) is 0 Å². The zero-order valence-corrected chi connectivity index (χ0v) is 13.4. The molecule has 0 atom stereocenters. The van der Waals surface area contributed by atoms with Crippen LogP contribution in [0.1, 0.15) is 25.8 Å². The smallest absolute Gasteiger partial charge is 0.143 e. The van der Waals surface area contributed by atoms with Crippen molar-refractivity contribution < 1.29 is 4.74 Å². The number of hydrogen-bond donors (Lipinski definition) is 1. The van der Waals surface area contributed by atoms with Crippen molar-refractivity contribution in [2.24, 2.45) is 0 Å². The summed E-state index contributed by atoms with van der Waals surface area (Å²) in [6, 6.07) is 16.6. The van der Waals surface area contributed by atoms with Crippen LogP contribution in [0.3, 0.4) is 0 Å². The van der Waals surface area contributed by atoms with Gasteiger partial charge in [-0.2, -0.15) is 0 Å². The second kappa shape index (κ2) is 5.91. The summed E-state index contributed by atoms with van der Waals surface area (Å²) in [6.45, 7) is 6.17. The van der Waals surface area contributed by atoms with Crippen LogP contribution in [-0.2, 0) is 6.42 Å². The first-order valence-electron chi connectivity index (χ1n) is 7.91. The Kier molecular flexibility index (Phi) is 3.97. The molecule has 3 heteroatoms. The van der Waals surface area contributed by atoms with E-state index in [0.717, 1.165) is 43.1 Å². The zero-order chi connectivity index (χ0) is 15.6. The maximum atomic E-state index is 6.07. The predicted molar refractivity (Wildman–Crippen MR) is 92.5 cm³/mol. The van der Waals surface area contributed by atoms with Crippen LogP contribution >= 0.6 is 0 Å². The summed E-state index contributed by atoms with van der Waals surface area (Å²) in [4.78, 5) is 2.40. The average molecular weight is 296 g/mol. The molecular formula is C19H24N2O. The fourth-order valence-corrected chi connectivity index (χ4v) is 3.06. The molecule has 0 spiro atoms. The number of hydrogen-bond acceptors (Lipinski definition) is 3. The van der Waals surface area contributed by atoms with Crippen LogP contribution in [0.2, 0.25) is 0 Å². The lowest BCUT2D eigenvalue weighted by Gasteiger charge is -2.41. The Morgan fingerprint density at radius 3 is 2.68 bits per heavy atom. The SMILES string of the molecule is CC1(C)CN(CCCc2ccccc2)c2cc(N)ccc2O1. The number of rotatable bonds is 4. The summed E-state index contributed by atoms with van der Waals surface area (Å²) in [6.07, 6.45) is 2.21. The molecule has 2 aromatic carbocycles. The third-order valence-electron chi connectivity index (χ3n) is 4.02. The standard InChI is InChI=1S/C19H24N2O/c1-19(2)14-21(12-6-9-15-7-4-3-5-8-15)17-13-16(20)10-11-18(17)22-19/h3-5,7-8,10-11,13H,6,9,12,14,20H2,1-2H3. The van der Waals surface area contributed by atoms with Gasteiger partial charge in [-0.05, 0) is 50.5 Å². The van der Waals surface area contributed by atoms with Crippen molar-refractivity contribution >= 4 is 11.4 Å². The molecule has 116 valence electrons. The summed E-state index contributed by atoms with van der Waals surface area (Å²) < 4.78 is 6.07. The fraction of sp³-hybridized carbons (Fsp3) is 0.368. The molecule has 3 rings (SSSR count). The first-order chi connectivity index (χ1) is 10.5. The topological polar surface area (TPSA) is 38.5 Å². The van der Waals surface area contributed by atoms with Crippen molar-refractivity contribution in [1.29, 1.82) is 0 Å². The molecule has 3 nitrogen and oxygen atoms in total. The van der Waals surface area contributed by atoms with Gasteiger partial charge in [0.2, 0.25) is 0 Å². The van der Waals surface area contributed by atoms with Crippen molar-refractivity contribution in [3.8, 4) is 5.75 Å². The molecule has 1 aliphatic heterocycles. The number of nitrogen functional groups attached to an aromatic ring is 1. The van der Waals surface area contributed by atoms with Crippen LogP contribution in [0.4, 0.5) is 11.4 Å². The van der Waals surface area contributed by atoms with Gasteiger partial charge in [-0.1, -0.05) is 30.3 Å². The third kappa shape index (κ3) is 3.35. The number of nitrogens with zero attached hydrogens (tertiary/aromatic N) is 1. The third-order valence-corrected chi connectivity index (χ3v) is 4.02. The fourth-order valence-electron chi connectivity index (χ4n) is 3.06. The molecule has 0 saturated heterocycles. The number of ether oxygens (including phenoxy) is 1. The van der Waals surface area contributed by atoms with Crippen LogP contribution in [0, 0.1) is 0 Å². The monoisotopic (exact) mass is 296 g/mol. The van der Waals surface area contributed by atoms with E-state index in [4.69, 9.17) is 10.5 Å². The number of benzene rings is 2. The first kappa shape index (κ1) is 14.8. The molecule has 0 radical (unpaired) electrons. The molecule has 1 aliphatic rings. The molecule has 2 N–H and O–H groups in total. The van der Waals surface area contributed by atoms with Gasteiger partial charge >= 0.3 is 0 Å². The maximum Gasteiger partial charge on any atom is 0.143 e. The number of nitrogens with two attached hydrogens (primary N) is 1. The molecule has 0 amide bonds. The van der Waals surface area contributed by atoms with Gasteiger partial charge < -0.3 is 15.4 Å². The lowest BCUT2D eigenvalue weighted by Crippen LogP contribution is -2.47. The molecule has 0 bridgehead atoms. The van der Waals surface area contributed by atoms with Crippen LogP contribution < -0.4 is 15.4 Å². The molecular weight excluding hydrogens is 272 g/mol. The Labute approximate surface area is 132 Å². The highest BCUT2D eigenvalue weighted by Gasteiger charge is 2.31. The second-order valence-corrected chi connectivity index (χ2v) is 6.60. The van der Waals surface area contributed by atoms with Gasteiger partial charge in [0.1, 0.15) is 11.4 Å². The molecule has 0 aliphatic carbocycles.